The second-order valence-electron chi connectivity index (χ2n) is 11.3. The molecule has 2 fully saturated rings. The molecule has 3 aromatic rings. The molecule has 10 heteroatoms. The maximum Gasteiger partial charge on any atom is 0.255 e. The minimum atomic E-state index is -0.284. The average molecular weight is 585 g/mol. The standard InChI is InChI=1S/C33H40N6O4/c1-43-28-10-3-23(4-11-28)21-31(40)39-18-2-17-38(19-20-39)30-12-5-25(33(42)36-27-8-6-26(34)7-9-27)22-29(30)37-32(41)24-13-15-35-16-14-24/h3-5,10-16,22,26-27H,2,6-9,17-21,34H2,1H3,(H,36,42)(H,37,41). The number of pyridine rings is 1. The van der Waals surface area contributed by atoms with Gasteiger partial charge in [-0.1, -0.05) is 12.1 Å². The number of aromatic nitrogens is 1. The smallest absolute Gasteiger partial charge is 0.255 e. The number of hydrogen-bond donors (Lipinski definition) is 3. The number of amides is 3. The van der Waals surface area contributed by atoms with Crippen molar-refractivity contribution in [2.75, 3.05) is 43.5 Å². The van der Waals surface area contributed by atoms with Crippen LogP contribution in [-0.4, -0.2) is 73.0 Å². The fraction of sp³-hybridized carbons (Fsp3) is 0.394. The topological polar surface area (TPSA) is 130 Å². The molecule has 5 rings (SSSR count). The van der Waals surface area contributed by atoms with Crippen LogP contribution in [0.25, 0.3) is 0 Å². The summed E-state index contributed by atoms with van der Waals surface area (Å²) in [6.45, 7) is 2.51. The van der Waals surface area contributed by atoms with Crippen LogP contribution in [0.5, 0.6) is 5.75 Å². The Balaban J connectivity index is 1.31. The third-order valence-corrected chi connectivity index (χ3v) is 8.26. The Morgan fingerprint density at radius 2 is 1.63 bits per heavy atom. The summed E-state index contributed by atoms with van der Waals surface area (Å²) < 4.78 is 5.22. The number of nitrogens with two attached hydrogens (primary N) is 1. The third-order valence-electron chi connectivity index (χ3n) is 8.26. The van der Waals surface area contributed by atoms with Crippen molar-refractivity contribution >= 4 is 29.1 Å². The summed E-state index contributed by atoms with van der Waals surface area (Å²) in [5.41, 5.74) is 9.30. The maximum absolute atomic E-state index is 13.2. The van der Waals surface area contributed by atoms with Gasteiger partial charge >= 0.3 is 0 Å². The average Bonchev–Trinajstić information content (AvgIpc) is 3.29. The van der Waals surface area contributed by atoms with Crippen LogP contribution in [0.3, 0.4) is 0 Å². The minimum Gasteiger partial charge on any atom is -0.497 e. The predicted octanol–water partition coefficient (Wildman–Crippen LogP) is 3.62. The molecule has 43 heavy (non-hydrogen) atoms. The molecule has 2 aliphatic rings. The van der Waals surface area contributed by atoms with Gasteiger partial charge in [-0.25, -0.2) is 0 Å². The summed E-state index contributed by atoms with van der Waals surface area (Å²) in [4.78, 5) is 47.6. The Bertz CT molecular complexity index is 1410. The van der Waals surface area contributed by atoms with E-state index in [0.717, 1.165) is 49.1 Å². The first-order valence-electron chi connectivity index (χ1n) is 15.0. The molecule has 2 aromatic carbocycles. The highest BCUT2D eigenvalue weighted by Gasteiger charge is 2.24. The van der Waals surface area contributed by atoms with Crippen LogP contribution in [-0.2, 0) is 11.2 Å². The summed E-state index contributed by atoms with van der Waals surface area (Å²) >= 11 is 0. The number of carbonyl (C=O) groups excluding carboxylic acids is 3. The largest absolute Gasteiger partial charge is 0.497 e. The van der Waals surface area contributed by atoms with Gasteiger partial charge in [-0.15, -0.1) is 0 Å². The molecule has 3 amide bonds. The molecule has 2 heterocycles. The molecular weight excluding hydrogens is 544 g/mol. The highest BCUT2D eigenvalue weighted by molar-refractivity contribution is 6.07. The minimum absolute atomic E-state index is 0.0777. The number of nitrogens with one attached hydrogen (secondary N) is 2. The van der Waals surface area contributed by atoms with Crippen molar-refractivity contribution in [3.05, 3.63) is 83.7 Å². The van der Waals surface area contributed by atoms with E-state index in [1.165, 1.54) is 0 Å². The summed E-state index contributed by atoms with van der Waals surface area (Å²) in [6, 6.07) is 16.6. The Labute approximate surface area is 252 Å². The van der Waals surface area contributed by atoms with Gasteiger partial charge in [0.1, 0.15) is 5.75 Å². The van der Waals surface area contributed by atoms with E-state index < -0.39 is 0 Å². The fourth-order valence-corrected chi connectivity index (χ4v) is 5.72. The Morgan fingerprint density at radius 1 is 0.884 bits per heavy atom. The molecule has 0 bridgehead atoms. The summed E-state index contributed by atoms with van der Waals surface area (Å²) in [5.74, 6) is 0.385. The van der Waals surface area contributed by atoms with E-state index in [1.54, 1.807) is 43.8 Å². The van der Waals surface area contributed by atoms with Crippen LogP contribution in [0.4, 0.5) is 11.4 Å². The predicted molar refractivity (Wildman–Crippen MR) is 166 cm³/mol. The second kappa shape index (κ2) is 14.2. The number of benzene rings is 2. The van der Waals surface area contributed by atoms with Crippen LogP contribution in [0.1, 0.15) is 58.4 Å². The van der Waals surface area contributed by atoms with Gasteiger partial charge in [0.2, 0.25) is 5.91 Å². The highest BCUT2D eigenvalue weighted by atomic mass is 16.5. The molecule has 0 unspecified atom stereocenters. The van der Waals surface area contributed by atoms with Gasteiger partial charge in [0.25, 0.3) is 11.8 Å². The first kappa shape index (κ1) is 30.0. The molecule has 1 saturated carbocycles. The second-order valence-corrected chi connectivity index (χ2v) is 11.3. The number of ether oxygens (including phenoxy) is 1. The summed E-state index contributed by atoms with van der Waals surface area (Å²) in [7, 11) is 1.62. The number of anilines is 2. The Kier molecular flexibility index (Phi) is 9.88. The molecule has 1 aromatic heterocycles. The van der Waals surface area contributed by atoms with Gasteiger partial charge in [-0.2, -0.15) is 0 Å². The zero-order valence-corrected chi connectivity index (χ0v) is 24.6. The van der Waals surface area contributed by atoms with E-state index in [2.05, 4.69) is 20.5 Å². The van der Waals surface area contributed by atoms with Crippen molar-refractivity contribution in [2.45, 2.75) is 50.6 Å². The highest BCUT2D eigenvalue weighted by Crippen LogP contribution is 2.30. The van der Waals surface area contributed by atoms with Crippen LogP contribution in [0, 0.1) is 0 Å². The molecule has 0 radical (unpaired) electrons. The van der Waals surface area contributed by atoms with Crippen molar-refractivity contribution in [1.82, 2.24) is 15.2 Å². The van der Waals surface area contributed by atoms with E-state index in [-0.39, 0.29) is 29.8 Å². The van der Waals surface area contributed by atoms with Gasteiger partial charge in [-0.05, 0) is 80.1 Å². The molecule has 226 valence electrons. The molecular formula is C33H40N6O4. The number of hydrogen-bond acceptors (Lipinski definition) is 7. The lowest BCUT2D eigenvalue weighted by atomic mass is 9.91. The maximum atomic E-state index is 13.2. The quantitative estimate of drug-likeness (QED) is 0.369. The van der Waals surface area contributed by atoms with Crippen LogP contribution in [0.15, 0.2) is 67.0 Å². The van der Waals surface area contributed by atoms with Crippen LogP contribution >= 0.6 is 0 Å². The molecule has 0 spiro atoms. The van der Waals surface area contributed by atoms with E-state index in [0.29, 0.717) is 49.4 Å². The van der Waals surface area contributed by atoms with Gasteiger partial charge < -0.3 is 30.9 Å². The van der Waals surface area contributed by atoms with Gasteiger partial charge in [0.05, 0.1) is 24.9 Å². The first-order chi connectivity index (χ1) is 20.9. The van der Waals surface area contributed by atoms with Crippen molar-refractivity contribution < 1.29 is 19.1 Å². The van der Waals surface area contributed by atoms with E-state index in [4.69, 9.17) is 10.5 Å². The van der Waals surface area contributed by atoms with Crippen molar-refractivity contribution in [1.29, 1.82) is 0 Å². The Hall–Kier alpha value is -4.44. The van der Waals surface area contributed by atoms with Crippen molar-refractivity contribution in [3.8, 4) is 5.75 Å². The van der Waals surface area contributed by atoms with Crippen LogP contribution < -0.4 is 26.0 Å². The molecule has 10 nitrogen and oxygen atoms in total. The number of nitrogens with zero attached hydrogens (tertiary/aromatic N) is 3. The van der Waals surface area contributed by atoms with Crippen molar-refractivity contribution in [3.63, 3.8) is 0 Å². The lowest BCUT2D eigenvalue weighted by Gasteiger charge is -2.28. The monoisotopic (exact) mass is 584 g/mol. The zero-order valence-electron chi connectivity index (χ0n) is 24.6. The number of carbonyl (C=O) groups is 3. The van der Waals surface area contributed by atoms with Crippen molar-refractivity contribution in [2.24, 2.45) is 5.73 Å². The lowest BCUT2D eigenvalue weighted by Crippen LogP contribution is -2.40. The molecule has 1 saturated heterocycles. The van der Waals surface area contributed by atoms with Gasteiger partial charge in [0.15, 0.2) is 0 Å². The summed E-state index contributed by atoms with van der Waals surface area (Å²) in [5, 5.41) is 6.17. The fourth-order valence-electron chi connectivity index (χ4n) is 5.72. The normalized spacial score (nSPS) is 18.8. The SMILES string of the molecule is COc1ccc(CC(=O)N2CCCN(c3ccc(C(=O)NC4CCC(N)CC4)cc3NC(=O)c3ccncc3)CC2)cc1. The zero-order chi connectivity index (χ0) is 30.2. The van der Waals surface area contributed by atoms with Crippen LogP contribution in [0.2, 0.25) is 0 Å². The molecule has 1 aliphatic carbocycles. The lowest BCUT2D eigenvalue weighted by molar-refractivity contribution is -0.130. The van der Waals surface area contributed by atoms with Gasteiger partial charge in [-0.3, -0.25) is 19.4 Å². The van der Waals surface area contributed by atoms with Gasteiger partial charge in [0, 0.05) is 61.8 Å². The first-order valence-corrected chi connectivity index (χ1v) is 15.0. The molecule has 1 aliphatic heterocycles. The molecule has 0 atom stereocenters. The Morgan fingerprint density at radius 3 is 2.35 bits per heavy atom. The van der Waals surface area contributed by atoms with E-state index in [9.17, 15) is 14.4 Å². The van der Waals surface area contributed by atoms with E-state index in [1.807, 2.05) is 35.2 Å². The molecule has 4 N–H and O–H groups in total. The number of methoxy groups -OCH3 is 1. The third kappa shape index (κ3) is 7.90. The van der Waals surface area contributed by atoms with E-state index >= 15 is 0 Å². The summed E-state index contributed by atoms with van der Waals surface area (Å²) in [6.07, 6.45) is 7.75. The number of rotatable bonds is 8.